The van der Waals surface area contributed by atoms with Gasteiger partial charge in [0.05, 0.1) is 37.7 Å². The molecule has 1 aliphatic heterocycles. The number of anilines is 2. The number of rotatable bonds is 11. The minimum Gasteiger partial charge on any atom is -0.493 e. The summed E-state index contributed by atoms with van der Waals surface area (Å²) in [4.78, 5) is 30.6. The number of carbonyl (C=O) groups is 2. The molecule has 5 rings (SSSR count). The van der Waals surface area contributed by atoms with Crippen LogP contribution in [0.2, 0.25) is 0 Å². The van der Waals surface area contributed by atoms with Crippen molar-refractivity contribution in [1.82, 2.24) is 0 Å². The summed E-state index contributed by atoms with van der Waals surface area (Å²) in [5.74, 6) is 1.92. The maximum atomic E-state index is 14.5. The van der Waals surface area contributed by atoms with Gasteiger partial charge in [0, 0.05) is 29.7 Å². The van der Waals surface area contributed by atoms with Gasteiger partial charge in [0.1, 0.15) is 5.75 Å². The summed E-state index contributed by atoms with van der Waals surface area (Å²) in [6.07, 6.45) is 4.92. The fraction of sp³-hybridized carbons (Fsp3) is 0.405. The number of Topliss-reactive ketones (excluding diaryl/α,β-unsaturated/α-hetero) is 1. The fourth-order valence-electron chi connectivity index (χ4n) is 6.26. The van der Waals surface area contributed by atoms with Crippen molar-refractivity contribution in [2.45, 2.75) is 83.8 Å². The van der Waals surface area contributed by atoms with Crippen LogP contribution in [-0.4, -0.2) is 32.0 Å². The third kappa shape index (κ3) is 6.33. The Labute approximate surface area is 261 Å². The van der Waals surface area contributed by atoms with Crippen molar-refractivity contribution < 1.29 is 23.8 Å². The highest BCUT2D eigenvalue weighted by Crippen LogP contribution is 2.49. The van der Waals surface area contributed by atoms with Crippen molar-refractivity contribution in [3.8, 4) is 17.2 Å². The van der Waals surface area contributed by atoms with Gasteiger partial charge in [0.2, 0.25) is 5.91 Å². The summed E-state index contributed by atoms with van der Waals surface area (Å²) in [7, 11) is 3.23. The van der Waals surface area contributed by atoms with E-state index in [9.17, 15) is 9.59 Å². The van der Waals surface area contributed by atoms with Gasteiger partial charge in [-0.2, -0.15) is 0 Å². The number of carbonyl (C=O) groups excluding carboxylic acids is 2. The van der Waals surface area contributed by atoms with Crippen LogP contribution in [0.4, 0.5) is 11.4 Å². The second-order valence-corrected chi connectivity index (χ2v) is 11.7. The molecule has 3 aromatic carbocycles. The summed E-state index contributed by atoms with van der Waals surface area (Å²) in [6.45, 7) is 6.26. The molecule has 3 atom stereocenters. The van der Waals surface area contributed by atoms with E-state index in [0.717, 1.165) is 53.9 Å². The number of para-hydroxylation sites is 3. The van der Waals surface area contributed by atoms with Gasteiger partial charge in [-0.05, 0) is 68.0 Å². The van der Waals surface area contributed by atoms with Crippen LogP contribution < -0.4 is 24.4 Å². The minimum atomic E-state index is -0.630. The molecule has 0 aromatic heterocycles. The zero-order valence-electron chi connectivity index (χ0n) is 26.5. The average molecular weight is 597 g/mol. The molecule has 1 heterocycles. The molecule has 1 N–H and O–H groups in total. The van der Waals surface area contributed by atoms with Gasteiger partial charge in [-0.15, -0.1) is 0 Å². The van der Waals surface area contributed by atoms with Crippen LogP contribution in [0.15, 0.2) is 78.0 Å². The summed E-state index contributed by atoms with van der Waals surface area (Å²) in [5.41, 5.74) is 4.87. The van der Waals surface area contributed by atoms with Crippen molar-refractivity contribution in [2.75, 3.05) is 24.4 Å². The van der Waals surface area contributed by atoms with Crippen molar-refractivity contribution in [1.29, 1.82) is 0 Å². The van der Waals surface area contributed by atoms with E-state index >= 15 is 0 Å². The zero-order valence-corrected chi connectivity index (χ0v) is 26.5. The van der Waals surface area contributed by atoms with E-state index in [2.05, 4.69) is 19.2 Å². The molecule has 0 saturated heterocycles. The highest BCUT2D eigenvalue weighted by atomic mass is 16.5. The van der Waals surface area contributed by atoms with Gasteiger partial charge >= 0.3 is 0 Å². The zero-order chi connectivity index (χ0) is 31.2. The lowest BCUT2D eigenvalue weighted by Crippen LogP contribution is -2.38. The molecule has 0 bridgehead atoms. The van der Waals surface area contributed by atoms with E-state index in [4.69, 9.17) is 14.2 Å². The van der Waals surface area contributed by atoms with E-state index in [1.54, 1.807) is 14.2 Å². The first-order chi connectivity index (χ1) is 21.4. The van der Waals surface area contributed by atoms with Crippen LogP contribution in [0, 0.1) is 0 Å². The number of fused-ring (bicyclic) bond motifs is 1. The quantitative estimate of drug-likeness (QED) is 0.224. The molecule has 44 heavy (non-hydrogen) atoms. The van der Waals surface area contributed by atoms with Gasteiger partial charge in [0.25, 0.3) is 0 Å². The summed E-state index contributed by atoms with van der Waals surface area (Å²) < 4.78 is 17.5. The molecule has 7 nitrogen and oxygen atoms in total. The van der Waals surface area contributed by atoms with Crippen LogP contribution in [0.1, 0.15) is 88.8 Å². The molecule has 2 aliphatic rings. The number of ether oxygens (including phenoxy) is 3. The van der Waals surface area contributed by atoms with E-state index in [0.29, 0.717) is 42.1 Å². The maximum absolute atomic E-state index is 14.5. The predicted octanol–water partition coefficient (Wildman–Crippen LogP) is 8.36. The smallest absolute Gasteiger partial charge is 0.227 e. The van der Waals surface area contributed by atoms with Gasteiger partial charge in [-0.3, -0.25) is 14.5 Å². The lowest BCUT2D eigenvalue weighted by molar-refractivity contribution is -0.119. The Kier molecular flexibility index (Phi) is 9.93. The monoisotopic (exact) mass is 596 g/mol. The molecule has 0 spiro atoms. The number of allylic oxidation sites excluding steroid dienone is 1. The summed E-state index contributed by atoms with van der Waals surface area (Å²) in [6, 6.07) is 21.0. The lowest BCUT2D eigenvalue weighted by atomic mass is 9.78. The Morgan fingerprint density at radius 3 is 2.43 bits per heavy atom. The molecular weight excluding hydrogens is 552 g/mol. The number of unbranched alkanes of at least 4 members (excludes halogenated alkanes) is 2. The van der Waals surface area contributed by atoms with Gasteiger partial charge < -0.3 is 19.5 Å². The fourth-order valence-corrected chi connectivity index (χ4v) is 6.26. The second kappa shape index (κ2) is 14.0. The molecule has 0 saturated carbocycles. The van der Waals surface area contributed by atoms with Crippen LogP contribution in [0.5, 0.6) is 17.2 Å². The second-order valence-electron chi connectivity index (χ2n) is 11.7. The van der Waals surface area contributed by atoms with Crippen molar-refractivity contribution >= 4 is 23.1 Å². The molecule has 0 radical (unpaired) electrons. The normalized spacial score (nSPS) is 18.5. The Bertz CT molecular complexity index is 1530. The van der Waals surface area contributed by atoms with Crippen LogP contribution in [0.25, 0.3) is 0 Å². The summed E-state index contributed by atoms with van der Waals surface area (Å²) in [5, 5.41) is 3.63. The summed E-state index contributed by atoms with van der Waals surface area (Å²) >= 11 is 0. The van der Waals surface area contributed by atoms with Crippen LogP contribution in [-0.2, 0) is 9.59 Å². The third-order valence-corrected chi connectivity index (χ3v) is 8.75. The maximum Gasteiger partial charge on any atom is 0.227 e. The third-order valence-electron chi connectivity index (χ3n) is 8.75. The number of benzene rings is 3. The van der Waals surface area contributed by atoms with Crippen molar-refractivity contribution in [3.05, 3.63) is 89.1 Å². The first kappa shape index (κ1) is 31.2. The van der Waals surface area contributed by atoms with Gasteiger partial charge in [-0.25, -0.2) is 0 Å². The first-order valence-corrected chi connectivity index (χ1v) is 15.8. The van der Waals surface area contributed by atoms with Crippen molar-refractivity contribution in [2.24, 2.45) is 0 Å². The number of methoxy groups -OCH3 is 2. The number of nitrogens with zero attached hydrogens (tertiary/aromatic N) is 1. The number of ketones is 1. The molecule has 1 amide bonds. The number of hydrogen-bond acceptors (Lipinski definition) is 6. The lowest BCUT2D eigenvalue weighted by Gasteiger charge is -2.36. The molecule has 3 aromatic rings. The minimum absolute atomic E-state index is 0.000364. The van der Waals surface area contributed by atoms with Gasteiger partial charge in [-0.1, -0.05) is 63.1 Å². The largest absolute Gasteiger partial charge is 0.493 e. The average Bonchev–Trinajstić information content (AvgIpc) is 3.19. The Balaban J connectivity index is 1.68. The standard InChI is InChI=1S/C37H44N2O5/c1-6-8-9-18-35(41)39-30-16-12-11-15-28(30)38-29-21-26(25-19-20-33(42-4)34(23-25)43-5)22-31(40)36(29)37(39)27-14-10-13-17-32(27)44-24(3)7-2/h10-17,19-20,23-24,26,37-38H,6-9,18,21-22H2,1-5H3/t24-,26+,37-/m1/s1. The molecule has 0 unspecified atom stereocenters. The van der Waals surface area contributed by atoms with E-state index < -0.39 is 6.04 Å². The van der Waals surface area contributed by atoms with E-state index in [-0.39, 0.29) is 23.7 Å². The molecule has 232 valence electrons. The van der Waals surface area contributed by atoms with E-state index in [1.807, 2.05) is 78.6 Å². The SMILES string of the molecule is CCCCCC(=O)N1c2ccccc2NC2=C(C(=O)C[C@@H](c3ccc(OC)c(OC)c3)C2)[C@H]1c1ccccc1O[C@H](C)CC. The number of hydrogen-bond donors (Lipinski definition) is 1. The Hall–Kier alpha value is -4.26. The number of amides is 1. The Morgan fingerprint density at radius 2 is 1.68 bits per heavy atom. The molecule has 7 heteroatoms. The highest BCUT2D eigenvalue weighted by molar-refractivity contribution is 6.06. The molecular formula is C37H44N2O5. The van der Waals surface area contributed by atoms with Gasteiger partial charge in [0.15, 0.2) is 17.3 Å². The highest BCUT2D eigenvalue weighted by Gasteiger charge is 2.42. The van der Waals surface area contributed by atoms with Crippen molar-refractivity contribution in [3.63, 3.8) is 0 Å². The molecule has 1 aliphatic carbocycles. The predicted molar refractivity (Wildman–Crippen MR) is 175 cm³/mol. The number of nitrogens with one attached hydrogen (secondary N) is 1. The van der Waals surface area contributed by atoms with Crippen LogP contribution in [0.3, 0.4) is 0 Å². The van der Waals surface area contributed by atoms with E-state index in [1.165, 1.54) is 0 Å². The topological polar surface area (TPSA) is 77.1 Å². The van der Waals surface area contributed by atoms with Crippen LogP contribution >= 0.6 is 0 Å². The molecule has 0 fully saturated rings. The Morgan fingerprint density at radius 1 is 0.932 bits per heavy atom. The first-order valence-electron chi connectivity index (χ1n) is 15.8.